The minimum Gasteiger partial charge on any atom is -0.441 e. The Morgan fingerprint density at radius 3 is 2.78 bits per heavy atom. The van der Waals surface area contributed by atoms with Crippen LogP contribution in [0.5, 0.6) is 0 Å². The zero-order chi connectivity index (χ0) is 18.8. The Labute approximate surface area is 155 Å². The summed E-state index contributed by atoms with van der Waals surface area (Å²) < 4.78 is 33.6. The topological polar surface area (TPSA) is 46.3 Å². The highest BCUT2D eigenvalue weighted by Crippen LogP contribution is 2.30. The van der Waals surface area contributed by atoms with Crippen LogP contribution >= 0.6 is 0 Å². The first kappa shape index (κ1) is 17.4. The number of anilines is 1. The van der Waals surface area contributed by atoms with E-state index < -0.39 is 5.82 Å². The zero-order valence-electron chi connectivity index (χ0n) is 14.6. The highest BCUT2D eigenvalue weighted by atomic mass is 19.1. The molecule has 1 aliphatic rings. The molecule has 0 aliphatic carbocycles. The standard InChI is InChI=1S/C21H18F2N2O2/c22-16-8-2-1-7-15(16)18-13-24-19(27-18)10-11-20(26)25-12-4-6-14-5-3-9-17(23)21(14)25/h1-3,5,7-9,13H,4,6,10-12H2. The lowest BCUT2D eigenvalue weighted by Crippen LogP contribution is -2.36. The molecule has 0 fully saturated rings. The summed E-state index contributed by atoms with van der Waals surface area (Å²) in [6.07, 6.45) is 3.44. The van der Waals surface area contributed by atoms with E-state index in [1.54, 1.807) is 24.3 Å². The second kappa shape index (κ2) is 7.31. The monoisotopic (exact) mass is 368 g/mol. The van der Waals surface area contributed by atoms with Crippen molar-refractivity contribution >= 4 is 11.6 Å². The predicted octanol–water partition coefficient (Wildman–Crippen LogP) is 4.53. The van der Waals surface area contributed by atoms with Crippen molar-refractivity contribution in [3.63, 3.8) is 0 Å². The number of halogens is 2. The average molecular weight is 368 g/mol. The maximum Gasteiger partial charge on any atom is 0.227 e. The Morgan fingerprint density at radius 2 is 1.93 bits per heavy atom. The van der Waals surface area contributed by atoms with Gasteiger partial charge >= 0.3 is 0 Å². The minimum absolute atomic E-state index is 0.144. The van der Waals surface area contributed by atoms with Crippen LogP contribution < -0.4 is 4.90 Å². The number of fused-ring (bicyclic) bond motifs is 1. The number of rotatable bonds is 4. The molecule has 6 heteroatoms. The van der Waals surface area contributed by atoms with E-state index in [0.29, 0.717) is 29.4 Å². The van der Waals surface area contributed by atoms with Gasteiger partial charge in [0.2, 0.25) is 5.91 Å². The van der Waals surface area contributed by atoms with Gasteiger partial charge in [-0.1, -0.05) is 24.3 Å². The number of aromatic nitrogens is 1. The third-order valence-corrected chi connectivity index (χ3v) is 4.71. The van der Waals surface area contributed by atoms with Crippen molar-refractivity contribution < 1.29 is 18.0 Å². The zero-order valence-corrected chi connectivity index (χ0v) is 14.6. The molecule has 138 valence electrons. The molecular weight excluding hydrogens is 350 g/mol. The molecule has 0 bridgehead atoms. The van der Waals surface area contributed by atoms with E-state index in [-0.39, 0.29) is 24.6 Å². The number of amides is 1. The second-order valence-electron chi connectivity index (χ2n) is 6.49. The van der Waals surface area contributed by atoms with Gasteiger partial charge in [0.15, 0.2) is 11.7 Å². The molecular formula is C21H18F2N2O2. The van der Waals surface area contributed by atoms with Gasteiger partial charge in [0.1, 0.15) is 11.6 Å². The molecule has 2 heterocycles. The highest BCUT2D eigenvalue weighted by molar-refractivity contribution is 5.94. The lowest BCUT2D eigenvalue weighted by atomic mass is 10.0. The van der Waals surface area contributed by atoms with Crippen molar-refractivity contribution in [3.8, 4) is 11.3 Å². The number of hydrogen-bond acceptors (Lipinski definition) is 3. The van der Waals surface area contributed by atoms with E-state index in [4.69, 9.17) is 4.42 Å². The number of aryl methyl sites for hydroxylation is 2. The summed E-state index contributed by atoms with van der Waals surface area (Å²) in [5.41, 5.74) is 1.57. The molecule has 1 amide bonds. The van der Waals surface area contributed by atoms with E-state index in [2.05, 4.69) is 4.98 Å². The molecule has 3 aromatic rings. The van der Waals surface area contributed by atoms with E-state index in [9.17, 15) is 13.6 Å². The number of carbonyl (C=O) groups is 1. The Bertz CT molecular complexity index is 984. The van der Waals surface area contributed by atoms with E-state index in [1.165, 1.54) is 23.2 Å². The number of hydrogen-bond donors (Lipinski definition) is 0. The van der Waals surface area contributed by atoms with Crippen LogP contribution in [-0.2, 0) is 17.6 Å². The van der Waals surface area contributed by atoms with Crippen LogP contribution in [0.4, 0.5) is 14.5 Å². The third-order valence-electron chi connectivity index (χ3n) is 4.71. The molecule has 0 spiro atoms. The number of carbonyl (C=O) groups excluding carboxylic acids is 1. The van der Waals surface area contributed by atoms with Crippen molar-refractivity contribution in [2.24, 2.45) is 0 Å². The Hall–Kier alpha value is -3.02. The summed E-state index contributed by atoms with van der Waals surface area (Å²) in [5.74, 6) is -0.265. The normalized spacial score (nSPS) is 13.5. The summed E-state index contributed by atoms with van der Waals surface area (Å²) in [7, 11) is 0. The molecule has 0 saturated heterocycles. The molecule has 0 N–H and O–H groups in total. The van der Waals surface area contributed by atoms with E-state index in [1.807, 2.05) is 6.07 Å². The van der Waals surface area contributed by atoms with Crippen LogP contribution in [0.1, 0.15) is 24.3 Å². The Morgan fingerprint density at radius 1 is 1.11 bits per heavy atom. The van der Waals surface area contributed by atoms with E-state index >= 15 is 0 Å². The summed E-state index contributed by atoms with van der Waals surface area (Å²) in [5, 5.41) is 0. The third kappa shape index (κ3) is 3.47. The molecule has 4 nitrogen and oxygen atoms in total. The van der Waals surface area contributed by atoms with Gasteiger partial charge in [-0.3, -0.25) is 4.79 Å². The largest absolute Gasteiger partial charge is 0.441 e. The molecule has 1 aliphatic heterocycles. The van der Waals surface area contributed by atoms with Crippen LogP contribution in [-0.4, -0.2) is 17.4 Å². The first-order valence-corrected chi connectivity index (χ1v) is 8.91. The molecule has 0 atom stereocenters. The van der Waals surface area contributed by atoms with Crippen LogP contribution in [0.3, 0.4) is 0 Å². The van der Waals surface area contributed by atoms with Gasteiger partial charge in [0, 0.05) is 19.4 Å². The van der Waals surface area contributed by atoms with Gasteiger partial charge in [0.25, 0.3) is 0 Å². The summed E-state index contributed by atoms with van der Waals surface area (Å²) in [6.45, 7) is 0.499. The van der Waals surface area contributed by atoms with Gasteiger partial charge in [-0.25, -0.2) is 13.8 Å². The molecule has 1 aromatic heterocycles. The fourth-order valence-corrected chi connectivity index (χ4v) is 3.41. The Balaban J connectivity index is 1.46. The summed E-state index contributed by atoms with van der Waals surface area (Å²) in [6, 6.07) is 11.2. The average Bonchev–Trinajstić information content (AvgIpc) is 3.15. The summed E-state index contributed by atoms with van der Waals surface area (Å²) in [4.78, 5) is 18.3. The second-order valence-corrected chi connectivity index (χ2v) is 6.49. The fourth-order valence-electron chi connectivity index (χ4n) is 3.41. The van der Waals surface area contributed by atoms with Gasteiger partial charge in [0.05, 0.1) is 17.4 Å². The van der Waals surface area contributed by atoms with Crippen LogP contribution in [0.25, 0.3) is 11.3 Å². The molecule has 4 rings (SSSR count). The van der Waals surface area contributed by atoms with Gasteiger partial charge in [-0.05, 0) is 36.6 Å². The SMILES string of the molecule is O=C(CCc1ncc(-c2ccccc2F)o1)N1CCCc2cccc(F)c21. The van der Waals surface area contributed by atoms with Crippen LogP contribution in [0, 0.1) is 11.6 Å². The maximum atomic E-state index is 14.2. The molecule has 2 aromatic carbocycles. The highest BCUT2D eigenvalue weighted by Gasteiger charge is 2.25. The summed E-state index contributed by atoms with van der Waals surface area (Å²) >= 11 is 0. The van der Waals surface area contributed by atoms with Gasteiger partial charge < -0.3 is 9.32 Å². The molecule has 0 unspecified atom stereocenters. The van der Waals surface area contributed by atoms with Crippen molar-refractivity contribution in [2.75, 3.05) is 11.4 Å². The maximum absolute atomic E-state index is 14.2. The number of oxazole rings is 1. The number of benzene rings is 2. The lowest BCUT2D eigenvalue weighted by molar-refractivity contribution is -0.118. The van der Waals surface area contributed by atoms with Crippen LogP contribution in [0.2, 0.25) is 0 Å². The molecule has 0 radical (unpaired) electrons. The number of nitrogens with zero attached hydrogens (tertiary/aromatic N) is 2. The first-order chi connectivity index (χ1) is 13.1. The fraction of sp³-hybridized carbons (Fsp3) is 0.238. The molecule has 0 saturated carbocycles. The molecule has 27 heavy (non-hydrogen) atoms. The van der Waals surface area contributed by atoms with Crippen LogP contribution in [0.15, 0.2) is 53.1 Å². The number of para-hydroxylation sites is 1. The van der Waals surface area contributed by atoms with Gasteiger partial charge in [-0.15, -0.1) is 0 Å². The quantitative estimate of drug-likeness (QED) is 0.680. The lowest BCUT2D eigenvalue weighted by Gasteiger charge is -2.29. The van der Waals surface area contributed by atoms with Crippen molar-refractivity contribution in [1.29, 1.82) is 0 Å². The predicted molar refractivity (Wildman–Crippen MR) is 97.3 cm³/mol. The Kier molecular flexibility index (Phi) is 4.71. The van der Waals surface area contributed by atoms with E-state index in [0.717, 1.165) is 18.4 Å². The minimum atomic E-state index is -0.392. The van der Waals surface area contributed by atoms with Crippen molar-refractivity contribution in [2.45, 2.75) is 25.7 Å². The smallest absolute Gasteiger partial charge is 0.227 e. The van der Waals surface area contributed by atoms with Gasteiger partial charge in [-0.2, -0.15) is 0 Å². The van der Waals surface area contributed by atoms with Crippen molar-refractivity contribution in [3.05, 3.63) is 71.8 Å². The van der Waals surface area contributed by atoms with Crippen molar-refractivity contribution in [1.82, 2.24) is 4.98 Å². The first-order valence-electron chi connectivity index (χ1n) is 8.91.